The summed E-state index contributed by atoms with van der Waals surface area (Å²) in [7, 11) is 1.42. The van der Waals surface area contributed by atoms with Crippen LogP contribution < -0.4 is 5.32 Å². The summed E-state index contributed by atoms with van der Waals surface area (Å²) >= 11 is 0. The molecule has 102 valence electrons. The van der Waals surface area contributed by atoms with Crippen LogP contribution >= 0.6 is 0 Å². The fourth-order valence-corrected chi connectivity index (χ4v) is 1.45. The molecule has 0 heterocycles. The van der Waals surface area contributed by atoms with E-state index in [0.29, 0.717) is 13.0 Å². The van der Waals surface area contributed by atoms with Crippen LogP contribution in [0.5, 0.6) is 0 Å². The molecule has 0 radical (unpaired) electrons. The van der Waals surface area contributed by atoms with E-state index in [4.69, 9.17) is 9.47 Å². The Morgan fingerprint density at radius 1 is 1.24 bits per heavy atom. The molecular formula is C13H27NO3. The molecule has 0 bridgehead atoms. The first-order valence-corrected chi connectivity index (χ1v) is 6.22. The maximum atomic E-state index is 11.8. The molecule has 0 aliphatic carbocycles. The Labute approximate surface area is 105 Å². The van der Waals surface area contributed by atoms with Crippen molar-refractivity contribution in [2.24, 2.45) is 0 Å². The van der Waals surface area contributed by atoms with Crippen LogP contribution in [0.4, 0.5) is 0 Å². The summed E-state index contributed by atoms with van der Waals surface area (Å²) in [5.74, 6) is -0.233. The fraction of sp³-hybridized carbons (Fsp3) is 0.923. The fourth-order valence-electron chi connectivity index (χ4n) is 1.45. The maximum Gasteiger partial charge on any atom is 0.325 e. The summed E-state index contributed by atoms with van der Waals surface area (Å²) in [4.78, 5) is 11.8. The molecule has 0 saturated heterocycles. The first kappa shape index (κ1) is 16.4. The van der Waals surface area contributed by atoms with Gasteiger partial charge < -0.3 is 14.8 Å². The third-order valence-corrected chi connectivity index (χ3v) is 2.54. The van der Waals surface area contributed by atoms with E-state index in [1.54, 1.807) is 0 Å². The Morgan fingerprint density at radius 3 is 2.24 bits per heavy atom. The predicted octanol–water partition coefficient (Wildman–Crippen LogP) is 2.12. The van der Waals surface area contributed by atoms with E-state index in [1.165, 1.54) is 7.11 Å². The summed E-state index contributed by atoms with van der Waals surface area (Å²) < 4.78 is 10.5. The highest BCUT2D eigenvalue weighted by Crippen LogP contribution is 2.15. The SMILES string of the molecule is CCCNC(C)(CCOC(C)(C)C)C(=O)OC. The first-order chi connectivity index (χ1) is 7.75. The van der Waals surface area contributed by atoms with Gasteiger partial charge in [0.2, 0.25) is 0 Å². The van der Waals surface area contributed by atoms with Gasteiger partial charge in [0.1, 0.15) is 5.54 Å². The second kappa shape index (κ2) is 6.97. The van der Waals surface area contributed by atoms with Crippen molar-refractivity contribution in [3.8, 4) is 0 Å². The second-order valence-electron chi connectivity index (χ2n) is 5.46. The Bertz CT molecular complexity index is 235. The molecule has 0 amide bonds. The Kier molecular flexibility index (Phi) is 6.72. The van der Waals surface area contributed by atoms with E-state index >= 15 is 0 Å². The molecule has 0 aromatic rings. The normalized spacial score (nSPS) is 15.4. The molecule has 0 rings (SSSR count). The van der Waals surface area contributed by atoms with Gasteiger partial charge in [-0.15, -0.1) is 0 Å². The molecule has 17 heavy (non-hydrogen) atoms. The number of hydrogen-bond donors (Lipinski definition) is 1. The third kappa shape index (κ3) is 6.64. The number of carbonyl (C=O) groups is 1. The third-order valence-electron chi connectivity index (χ3n) is 2.54. The van der Waals surface area contributed by atoms with E-state index in [9.17, 15) is 4.79 Å². The summed E-state index contributed by atoms with van der Waals surface area (Å²) in [6, 6.07) is 0. The average molecular weight is 245 g/mol. The van der Waals surface area contributed by atoms with Gasteiger partial charge in [0.15, 0.2) is 0 Å². The van der Waals surface area contributed by atoms with Crippen LogP contribution in [0, 0.1) is 0 Å². The minimum atomic E-state index is -0.657. The Morgan fingerprint density at radius 2 is 1.82 bits per heavy atom. The van der Waals surface area contributed by atoms with Crippen LogP contribution in [0.25, 0.3) is 0 Å². The number of rotatable bonds is 7. The lowest BCUT2D eigenvalue weighted by Crippen LogP contribution is -2.51. The molecule has 0 spiro atoms. The average Bonchev–Trinajstić information content (AvgIpc) is 2.23. The Balaban J connectivity index is 4.34. The lowest BCUT2D eigenvalue weighted by atomic mass is 9.98. The number of hydrogen-bond acceptors (Lipinski definition) is 4. The molecule has 0 aromatic heterocycles. The molecule has 1 N–H and O–H groups in total. The van der Waals surface area contributed by atoms with Crippen LogP contribution in [0.1, 0.15) is 47.5 Å². The van der Waals surface area contributed by atoms with Crippen molar-refractivity contribution in [3.05, 3.63) is 0 Å². The summed E-state index contributed by atoms with van der Waals surface area (Å²) in [6.07, 6.45) is 1.59. The van der Waals surface area contributed by atoms with Crippen molar-refractivity contribution in [2.45, 2.75) is 58.6 Å². The van der Waals surface area contributed by atoms with Crippen molar-refractivity contribution in [2.75, 3.05) is 20.3 Å². The quantitative estimate of drug-likeness (QED) is 0.698. The van der Waals surface area contributed by atoms with Crippen LogP contribution in [0.2, 0.25) is 0 Å². The van der Waals surface area contributed by atoms with Crippen molar-refractivity contribution in [1.82, 2.24) is 5.32 Å². The summed E-state index contributed by atoms with van der Waals surface area (Å²) in [5, 5.41) is 3.23. The van der Waals surface area contributed by atoms with Gasteiger partial charge in [-0.05, 0) is 47.1 Å². The van der Waals surface area contributed by atoms with Crippen molar-refractivity contribution in [3.63, 3.8) is 0 Å². The number of ether oxygens (including phenoxy) is 2. The van der Waals surface area contributed by atoms with Gasteiger partial charge in [-0.2, -0.15) is 0 Å². The standard InChI is InChI=1S/C13H27NO3/c1-7-9-14-13(5,11(15)16-6)8-10-17-12(2,3)4/h14H,7-10H2,1-6H3. The number of methoxy groups -OCH3 is 1. The minimum Gasteiger partial charge on any atom is -0.468 e. The Hall–Kier alpha value is -0.610. The first-order valence-electron chi connectivity index (χ1n) is 6.22. The zero-order valence-corrected chi connectivity index (χ0v) is 12.1. The molecule has 1 atom stereocenters. The molecule has 0 aliphatic rings. The van der Waals surface area contributed by atoms with Crippen molar-refractivity contribution >= 4 is 5.97 Å². The number of nitrogens with one attached hydrogen (secondary N) is 1. The minimum absolute atomic E-state index is 0.179. The smallest absolute Gasteiger partial charge is 0.325 e. The zero-order valence-electron chi connectivity index (χ0n) is 12.1. The van der Waals surface area contributed by atoms with Gasteiger partial charge in [0.25, 0.3) is 0 Å². The van der Waals surface area contributed by atoms with Gasteiger partial charge in [-0.25, -0.2) is 0 Å². The van der Waals surface area contributed by atoms with Crippen LogP contribution in [-0.2, 0) is 14.3 Å². The predicted molar refractivity (Wildman–Crippen MR) is 69.0 cm³/mol. The van der Waals surface area contributed by atoms with Gasteiger partial charge in [-0.3, -0.25) is 4.79 Å². The van der Waals surface area contributed by atoms with Crippen LogP contribution in [0.15, 0.2) is 0 Å². The summed E-state index contributed by atoms with van der Waals surface area (Å²) in [6.45, 7) is 11.3. The highest BCUT2D eigenvalue weighted by atomic mass is 16.5. The molecule has 0 aliphatic heterocycles. The lowest BCUT2D eigenvalue weighted by molar-refractivity contribution is -0.149. The molecular weight excluding hydrogens is 218 g/mol. The van der Waals surface area contributed by atoms with E-state index in [2.05, 4.69) is 12.2 Å². The van der Waals surface area contributed by atoms with E-state index in [1.807, 2.05) is 27.7 Å². The molecule has 0 aromatic carbocycles. The molecule has 4 heteroatoms. The highest BCUT2D eigenvalue weighted by Gasteiger charge is 2.33. The maximum absolute atomic E-state index is 11.8. The summed E-state index contributed by atoms with van der Waals surface area (Å²) in [5.41, 5.74) is -0.836. The highest BCUT2D eigenvalue weighted by molar-refractivity contribution is 5.80. The molecule has 0 saturated carbocycles. The molecule has 0 fully saturated rings. The van der Waals surface area contributed by atoms with Gasteiger partial charge in [-0.1, -0.05) is 6.92 Å². The molecule has 1 unspecified atom stereocenters. The van der Waals surface area contributed by atoms with Gasteiger partial charge in [0.05, 0.1) is 12.7 Å². The topological polar surface area (TPSA) is 47.6 Å². The van der Waals surface area contributed by atoms with E-state index in [-0.39, 0.29) is 11.6 Å². The largest absolute Gasteiger partial charge is 0.468 e. The molecule has 4 nitrogen and oxygen atoms in total. The van der Waals surface area contributed by atoms with Gasteiger partial charge in [0, 0.05) is 6.61 Å². The van der Waals surface area contributed by atoms with Crippen LogP contribution in [0.3, 0.4) is 0 Å². The second-order valence-corrected chi connectivity index (χ2v) is 5.46. The van der Waals surface area contributed by atoms with E-state index < -0.39 is 5.54 Å². The van der Waals surface area contributed by atoms with Crippen molar-refractivity contribution < 1.29 is 14.3 Å². The van der Waals surface area contributed by atoms with Gasteiger partial charge >= 0.3 is 5.97 Å². The number of esters is 1. The lowest BCUT2D eigenvalue weighted by Gasteiger charge is -2.29. The van der Waals surface area contributed by atoms with E-state index in [0.717, 1.165) is 13.0 Å². The van der Waals surface area contributed by atoms with Crippen molar-refractivity contribution in [1.29, 1.82) is 0 Å². The number of carbonyl (C=O) groups excluding carboxylic acids is 1. The zero-order chi connectivity index (χ0) is 13.5. The monoisotopic (exact) mass is 245 g/mol. The van der Waals surface area contributed by atoms with Crippen LogP contribution in [-0.4, -0.2) is 37.4 Å².